The fraction of sp³-hybridized carbons (Fsp3) is 0.429. The molecule has 10 heteroatoms. The number of carboxylic acids is 1. The Labute approximate surface area is 228 Å². The Balaban J connectivity index is 2.29. The molecule has 0 bridgehead atoms. The van der Waals surface area contributed by atoms with E-state index in [2.05, 4.69) is 16.0 Å². The summed E-state index contributed by atoms with van der Waals surface area (Å²) in [5.74, 6) is -2.38. The maximum Gasteiger partial charge on any atom is 0.326 e. The van der Waals surface area contributed by atoms with Gasteiger partial charge in [0.1, 0.15) is 18.1 Å². The zero-order valence-electron chi connectivity index (χ0n) is 22.1. The number of nitrogens with one attached hydrogen (secondary N) is 3. The van der Waals surface area contributed by atoms with Crippen LogP contribution in [0.15, 0.2) is 60.7 Å². The molecule has 9 nitrogen and oxygen atoms in total. The van der Waals surface area contributed by atoms with Crippen LogP contribution in [0, 0.1) is 5.92 Å². The van der Waals surface area contributed by atoms with Crippen LogP contribution in [-0.4, -0.2) is 65.0 Å². The van der Waals surface area contributed by atoms with E-state index in [1.165, 1.54) is 11.8 Å². The molecule has 206 valence electrons. The van der Waals surface area contributed by atoms with Crippen LogP contribution in [0.4, 0.5) is 0 Å². The Morgan fingerprint density at radius 2 is 1.18 bits per heavy atom. The molecule has 0 saturated heterocycles. The number of amides is 3. The van der Waals surface area contributed by atoms with E-state index in [0.717, 1.165) is 11.1 Å². The highest BCUT2D eigenvalue weighted by molar-refractivity contribution is 7.98. The topological polar surface area (TPSA) is 151 Å². The molecular formula is C28H38N4O5S. The van der Waals surface area contributed by atoms with Gasteiger partial charge in [-0.3, -0.25) is 14.4 Å². The standard InChI is InChI=1S/C28H38N4O5S/c1-18(2)24(29)27(35)32-23(17-20-12-8-5-9-13-20)26(34)31-22(16-19-10-6-4-7-11-19)25(33)30-21(28(36)37)14-15-38-3/h4-13,18,21-24H,14-17,29H2,1-3H3,(H,30,33)(H,31,34)(H,32,35)(H,36,37). The minimum absolute atomic E-state index is 0.138. The van der Waals surface area contributed by atoms with Crippen molar-refractivity contribution in [2.24, 2.45) is 11.7 Å². The molecule has 0 aliphatic heterocycles. The highest BCUT2D eigenvalue weighted by Crippen LogP contribution is 2.09. The number of hydrogen-bond donors (Lipinski definition) is 5. The molecule has 2 rings (SSSR count). The van der Waals surface area contributed by atoms with E-state index in [4.69, 9.17) is 5.73 Å². The number of rotatable bonds is 15. The van der Waals surface area contributed by atoms with Gasteiger partial charge < -0.3 is 26.8 Å². The number of carbonyl (C=O) groups is 4. The summed E-state index contributed by atoms with van der Waals surface area (Å²) in [6.07, 6.45) is 2.43. The quantitative estimate of drug-likeness (QED) is 0.230. The molecule has 0 aliphatic rings. The Bertz CT molecular complexity index is 1050. The molecule has 38 heavy (non-hydrogen) atoms. The molecule has 0 aliphatic carbocycles. The summed E-state index contributed by atoms with van der Waals surface area (Å²) in [7, 11) is 0. The normalized spacial score (nSPS) is 14.1. The first-order valence-electron chi connectivity index (χ1n) is 12.6. The first-order valence-corrected chi connectivity index (χ1v) is 14.0. The van der Waals surface area contributed by atoms with E-state index in [1.807, 2.05) is 80.8 Å². The smallest absolute Gasteiger partial charge is 0.326 e. The molecular weight excluding hydrogens is 504 g/mol. The lowest BCUT2D eigenvalue weighted by atomic mass is 10.0. The average Bonchev–Trinajstić information content (AvgIpc) is 2.90. The lowest BCUT2D eigenvalue weighted by molar-refractivity contribution is -0.142. The van der Waals surface area contributed by atoms with Crippen molar-refractivity contribution in [1.82, 2.24) is 16.0 Å². The fourth-order valence-corrected chi connectivity index (χ4v) is 4.20. The lowest BCUT2D eigenvalue weighted by Crippen LogP contribution is -2.58. The van der Waals surface area contributed by atoms with Crippen LogP contribution in [0.3, 0.4) is 0 Å². The van der Waals surface area contributed by atoms with Gasteiger partial charge in [0, 0.05) is 12.8 Å². The van der Waals surface area contributed by atoms with Gasteiger partial charge in [0.25, 0.3) is 0 Å². The first-order chi connectivity index (χ1) is 18.1. The third kappa shape index (κ3) is 10.2. The van der Waals surface area contributed by atoms with Crippen LogP contribution in [0.1, 0.15) is 31.4 Å². The van der Waals surface area contributed by atoms with Crippen molar-refractivity contribution in [2.75, 3.05) is 12.0 Å². The zero-order valence-corrected chi connectivity index (χ0v) is 22.9. The molecule has 0 radical (unpaired) electrons. The first kappa shape index (κ1) is 30.9. The second-order valence-electron chi connectivity index (χ2n) is 9.45. The lowest BCUT2D eigenvalue weighted by Gasteiger charge is -2.26. The summed E-state index contributed by atoms with van der Waals surface area (Å²) in [6, 6.07) is 14.3. The molecule has 0 heterocycles. The van der Waals surface area contributed by atoms with Crippen LogP contribution in [-0.2, 0) is 32.0 Å². The van der Waals surface area contributed by atoms with Gasteiger partial charge in [-0.15, -0.1) is 0 Å². The summed E-state index contributed by atoms with van der Waals surface area (Å²) >= 11 is 1.48. The summed E-state index contributed by atoms with van der Waals surface area (Å²) in [5.41, 5.74) is 7.62. The number of benzene rings is 2. The Hall–Kier alpha value is -3.37. The van der Waals surface area contributed by atoms with Crippen LogP contribution < -0.4 is 21.7 Å². The van der Waals surface area contributed by atoms with Gasteiger partial charge in [0.05, 0.1) is 6.04 Å². The molecule has 0 fully saturated rings. The highest BCUT2D eigenvalue weighted by atomic mass is 32.2. The third-order valence-electron chi connectivity index (χ3n) is 6.08. The second kappa shape index (κ2) is 15.8. The number of nitrogens with two attached hydrogens (primary N) is 1. The van der Waals surface area contributed by atoms with E-state index < -0.39 is 47.9 Å². The number of carbonyl (C=O) groups excluding carboxylic acids is 3. The molecule has 6 N–H and O–H groups in total. The van der Waals surface area contributed by atoms with Gasteiger partial charge in [-0.2, -0.15) is 11.8 Å². The van der Waals surface area contributed by atoms with Crippen molar-refractivity contribution in [3.8, 4) is 0 Å². The van der Waals surface area contributed by atoms with Crippen molar-refractivity contribution in [3.05, 3.63) is 71.8 Å². The summed E-state index contributed by atoms with van der Waals surface area (Å²) < 4.78 is 0. The molecule has 4 unspecified atom stereocenters. The Kier molecular flexibility index (Phi) is 12.8. The van der Waals surface area contributed by atoms with E-state index in [1.54, 1.807) is 0 Å². The molecule has 0 saturated carbocycles. The predicted molar refractivity (Wildman–Crippen MR) is 150 cm³/mol. The molecule has 2 aromatic carbocycles. The Morgan fingerprint density at radius 1 is 0.763 bits per heavy atom. The fourth-order valence-electron chi connectivity index (χ4n) is 3.73. The monoisotopic (exact) mass is 542 g/mol. The average molecular weight is 543 g/mol. The van der Waals surface area contributed by atoms with Crippen LogP contribution in [0.25, 0.3) is 0 Å². The summed E-state index contributed by atoms with van der Waals surface area (Å²) in [6.45, 7) is 3.62. The van der Waals surface area contributed by atoms with E-state index in [9.17, 15) is 24.3 Å². The van der Waals surface area contributed by atoms with E-state index in [0.29, 0.717) is 5.75 Å². The van der Waals surface area contributed by atoms with Gasteiger partial charge in [0.15, 0.2) is 0 Å². The summed E-state index contributed by atoms with van der Waals surface area (Å²) in [5, 5.41) is 17.6. The van der Waals surface area contributed by atoms with Gasteiger partial charge in [0.2, 0.25) is 17.7 Å². The number of thioether (sulfide) groups is 1. The third-order valence-corrected chi connectivity index (χ3v) is 6.72. The largest absolute Gasteiger partial charge is 0.480 e. The molecule has 2 aromatic rings. The number of carboxylic acid groups (broad SMARTS) is 1. The van der Waals surface area contributed by atoms with Crippen molar-refractivity contribution in [2.45, 2.75) is 57.3 Å². The van der Waals surface area contributed by atoms with Crippen LogP contribution in [0.2, 0.25) is 0 Å². The zero-order chi connectivity index (χ0) is 28.1. The van der Waals surface area contributed by atoms with E-state index in [-0.39, 0.29) is 25.2 Å². The molecule has 0 aromatic heterocycles. The second-order valence-corrected chi connectivity index (χ2v) is 10.4. The number of aliphatic carboxylic acids is 1. The maximum atomic E-state index is 13.5. The van der Waals surface area contributed by atoms with E-state index >= 15 is 0 Å². The maximum absolute atomic E-state index is 13.5. The molecule has 3 amide bonds. The highest BCUT2D eigenvalue weighted by Gasteiger charge is 2.31. The van der Waals surface area contributed by atoms with Crippen molar-refractivity contribution < 1.29 is 24.3 Å². The minimum atomic E-state index is -1.14. The summed E-state index contributed by atoms with van der Waals surface area (Å²) in [4.78, 5) is 51.2. The van der Waals surface area contributed by atoms with Crippen LogP contribution in [0.5, 0.6) is 0 Å². The predicted octanol–water partition coefficient (Wildman–Crippen LogP) is 1.75. The molecule has 4 atom stereocenters. The minimum Gasteiger partial charge on any atom is -0.480 e. The van der Waals surface area contributed by atoms with Gasteiger partial charge in [-0.05, 0) is 35.5 Å². The SMILES string of the molecule is CSCCC(NC(=O)C(Cc1ccccc1)NC(=O)C(Cc1ccccc1)NC(=O)C(N)C(C)C)C(=O)O. The number of hydrogen-bond acceptors (Lipinski definition) is 6. The molecule has 0 spiro atoms. The van der Waals surface area contributed by atoms with Crippen molar-refractivity contribution >= 4 is 35.5 Å². The Morgan fingerprint density at radius 3 is 1.58 bits per heavy atom. The van der Waals surface area contributed by atoms with Crippen molar-refractivity contribution in [1.29, 1.82) is 0 Å². The van der Waals surface area contributed by atoms with Crippen molar-refractivity contribution in [3.63, 3.8) is 0 Å². The van der Waals surface area contributed by atoms with Gasteiger partial charge >= 0.3 is 5.97 Å². The van der Waals surface area contributed by atoms with Gasteiger partial charge in [-0.1, -0.05) is 74.5 Å². The van der Waals surface area contributed by atoms with Crippen LogP contribution >= 0.6 is 11.8 Å². The van der Waals surface area contributed by atoms with Gasteiger partial charge in [-0.25, -0.2) is 4.79 Å².